The average molecular weight is 198 g/mol. The van der Waals surface area contributed by atoms with Gasteiger partial charge in [-0.15, -0.1) is 11.7 Å². The summed E-state index contributed by atoms with van der Waals surface area (Å²) < 4.78 is 57.1. The molecular weight excluding hydrogens is 195 g/mol. The largest absolute Gasteiger partial charge is 0.454 e. The van der Waals surface area contributed by atoms with Crippen LogP contribution in [0.1, 0.15) is 0 Å². The summed E-state index contributed by atoms with van der Waals surface area (Å²) in [5, 5.41) is 0. The Morgan fingerprint density at radius 1 is 1.10 bits per heavy atom. The fourth-order valence-electron chi connectivity index (χ4n) is 0.163. The van der Waals surface area contributed by atoms with E-state index in [0.29, 0.717) is 0 Å². The van der Waals surface area contributed by atoms with Gasteiger partial charge in [-0.05, 0) is 0 Å². The second-order valence-corrected chi connectivity index (χ2v) is 2.80. The van der Waals surface area contributed by atoms with Crippen molar-refractivity contribution in [2.24, 2.45) is 0 Å². The maximum Gasteiger partial charge on any atom is 0.454 e. The molecule has 0 aromatic heterocycles. The van der Waals surface area contributed by atoms with E-state index in [4.69, 9.17) is 0 Å². The number of rotatable bonds is 2. The zero-order valence-electron chi connectivity index (χ0n) is 4.45. The monoisotopic (exact) mass is 198 g/mol. The van der Waals surface area contributed by atoms with E-state index >= 15 is 0 Å². The Bertz CT molecular complexity index is 108. The fourth-order valence-corrected chi connectivity index (χ4v) is 0.975. The molecule has 0 spiro atoms. The molecule has 0 saturated heterocycles. The highest BCUT2D eigenvalue weighted by Crippen LogP contribution is 2.38. The van der Waals surface area contributed by atoms with Crippen molar-refractivity contribution in [2.45, 2.75) is 12.1 Å². The van der Waals surface area contributed by atoms with Gasteiger partial charge in [0.05, 0.1) is 5.75 Å². The molecule has 0 bridgehead atoms. The lowest BCUT2D eigenvalue weighted by atomic mass is 10.4. The summed E-state index contributed by atoms with van der Waals surface area (Å²) in [6, 6.07) is 0. The maximum atomic E-state index is 11.7. The van der Waals surface area contributed by atoms with E-state index in [1.165, 1.54) is 0 Å². The van der Waals surface area contributed by atoms with Gasteiger partial charge in [-0.1, -0.05) is 10.8 Å². The first-order valence-corrected chi connectivity index (χ1v) is 4.06. The molecule has 0 N–H and O–H groups in total. The molecule has 0 aliphatic heterocycles. The van der Waals surface area contributed by atoms with Gasteiger partial charge in [-0.2, -0.15) is 22.0 Å². The molecule has 0 heterocycles. The van der Waals surface area contributed by atoms with Gasteiger partial charge in [0.2, 0.25) is 0 Å². The van der Waals surface area contributed by atoms with Crippen LogP contribution >= 0.6 is 22.5 Å². The first-order valence-electron chi connectivity index (χ1n) is 2.02. The Hall–Kier alpha value is 0.350. The van der Waals surface area contributed by atoms with Crippen molar-refractivity contribution in [1.82, 2.24) is 0 Å². The normalized spacial score (nSPS) is 13.8. The molecule has 0 fully saturated rings. The van der Waals surface area contributed by atoms with Crippen LogP contribution in [0, 0.1) is 0 Å². The zero-order valence-corrected chi connectivity index (χ0v) is 6.16. The fraction of sp³-hybridized carbons (Fsp3) is 1.00. The van der Waals surface area contributed by atoms with Crippen LogP contribution in [0.25, 0.3) is 0 Å². The van der Waals surface area contributed by atoms with Crippen LogP contribution < -0.4 is 0 Å². The van der Waals surface area contributed by atoms with Crippen molar-refractivity contribution in [1.29, 1.82) is 0 Å². The summed E-state index contributed by atoms with van der Waals surface area (Å²) >= 11 is 3.18. The van der Waals surface area contributed by atoms with Gasteiger partial charge in [0, 0.05) is 0 Å². The Morgan fingerprint density at radius 2 is 1.50 bits per heavy atom. The quantitative estimate of drug-likeness (QED) is 0.404. The first-order chi connectivity index (χ1) is 4.31. The summed E-state index contributed by atoms with van der Waals surface area (Å²) in [7, 11) is 0.160. The highest BCUT2D eigenvalue weighted by molar-refractivity contribution is 8.68. The Kier molecular flexibility index (Phi) is 3.28. The van der Waals surface area contributed by atoms with Crippen molar-refractivity contribution in [3.8, 4) is 0 Å². The van der Waals surface area contributed by atoms with E-state index in [1.807, 2.05) is 0 Å². The smallest absolute Gasteiger partial charge is 0.195 e. The molecule has 0 atom stereocenters. The molecule has 0 aliphatic carbocycles. The van der Waals surface area contributed by atoms with E-state index in [1.54, 1.807) is 0 Å². The minimum absolute atomic E-state index is 0.160. The molecule has 0 saturated carbocycles. The summed E-state index contributed by atoms with van der Waals surface area (Å²) in [5.41, 5.74) is 0. The molecule has 0 aliphatic rings. The molecule has 7 heteroatoms. The van der Waals surface area contributed by atoms with Gasteiger partial charge in [0.15, 0.2) is 0 Å². The van der Waals surface area contributed by atoms with Gasteiger partial charge in [-0.3, -0.25) is 0 Å². The van der Waals surface area contributed by atoms with Crippen molar-refractivity contribution in [3.05, 3.63) is 0 Å². The number of hydrogen-bond donors (Lipinski definition) is 1. The topological polar surface area (TPSA) is 0 Å². The lowest BCUT2D eigenvalue weighted by Crippen LogP contribution is -2.38. The summed E-state index contributed by atoms with van der Waals surface area (Å²) in [6.45, 7) is 0. The molecule has 0 rings (SSSR count). The molecule has 0 nitrogen and oxygen atoms in total. The molecule has 0 amide bonds. The van der Waals surface area contributed by atoms with E-state index in [0.717, 1.165) is 0 Å². The molecule has 0 aromatic rings. The number of alkyl halides is 5. The minimum Gasteiger partial charge on any atom is -0.195 e. The van der Waals surface area contributed by atoms with Crippen LogP contribution in [-0.4, -0.2) is 17.9 Å². The molecule has 10 heavy (non-hydrogen) atoms. The van der Waals surface area contributed by atoms with Crippen molar-refractivity contribution >= 4 is 22.5 Å². The van der Waals surface area contributed by atoms with Crippen LogP contribution in [0.15, 0.2) is 0 Å². The summed E-state index contributed by atoms with van der Waals surface area (Å²) in [5.74, 6) is -5.97. The van der Waals surface area contributed by atoms with Gasteiger partial charge in [-0.25, -0.2) is 0 Å². The predicted molar refractivity (Wildman–Crippen MR) is 32.4 cm³/mol. The average Bonchev–Trinajstić information content (AvgIpc) is 1.61. The van der Waals surface area contributed by atoms with Gasteiger partial charge >= 0.3 is 12.1 Å². The lowest BCUT2D eigenvalue weighted by molar-refractivity contribution is -0.270. The van der Waals surface area contributed by atoms with E-state index in [9.17, 15) is 22.0 Å². The van der Waals surface area contributed by atoms with Gasteiger partial charge in [0.1, 0.15) is 0 Å². The molecule has 62 valence electrons. The number of halogens is 5. The van der Waals surface area contributed by atoms with Crippen LogP contribution in [0.2, 0.25) is 0 Å². The third kappa shape index (κ3) is 2.53. The highest BCUT2D eigenvalue weighted by Gasteiger charge is 2.56. The Balaban J connectivity index is 4.10. The maximum absolute atomic E-state index is 11.7. The summed E-state index contributed by atoms with van der Waals surface area (Å²) in [6.07, 6.45) is -5.46. The highest BCUT2D eigenvalue weighted by atomic mass is 33.1. The van der Waals surface area contributed by atoms with Crippen LogP contribution in [0.4, 0.5) is 22.0 Å². The second kappa shape index (κ2) is 3.17. The number of hydrogen-bond acceptors (Lipinski definition) is 2. The van der Waals surface area contributed by atoms with Crippen molar-refractivity contribution in [2.75, 3.05) is 5.75 Å². The Morgan fingerprint density at radius 3 is 1.60 bits per heavy atom. The van der Waals surface area contributed by atoms with Crippen molar-refractivity contribution in [3.63, 3.8) is 0 Å². The van der Waals surface area contributed by atoms with E-state index in [2.05, 4.69) is 11.7 Å². The van der Waals surface area contributed by atoms with Gasteiger partial charge < -0.3 is 0 Å². The molecule has 0 radical (unpaired) electrons. The third-order valence-corrected chi connectivity index (χ3v) is 1.54. The van der Waals surface area contributed by atoms with E-state index < -0.39 is 17.9 Å². The second-order valence-electron chi connectivity index (χ2n) is 1.48. The standard InChI is InChI=1S/C3H3F5S2/c4-2(5,1-10-9)3(6,7)8/h9H,1H2. The molecule has 0 unspecified atom stereocenters. The van der Waals surface area contributed by atoms with Crippen LogP contribution in [0.5, 0.6) is 0 Å². The zero-order chi connectivity index (χ0) is 8.41. The number of thiol groups is 1. The summed E-state index contributed by atoms with van der Waals surface area (Å²) in [4.78, 5) is 0. The SMILES string of the molecule is FC(F)(F)C(F)(F)CSS. The van der Waals surface area contributed by atoms with Crippen molar-refractivity contribution < 1.29 is 22.0 Å². The van der Waals surface area contributed by atoms with E-state index in [-0.39, 0.29) is 10.8 Å². The Labute approximate surface area is 63.0 Å². The van der Waals surface area contributed by atoms with Crippen LogP contribution in [-0.2, 0) is 0 Å². The lowest BCUT2D eigenvalue weighted by Gasteiger charge is -2.17. The minimum atomic E-state index is -5.46. The third-order valence-electron chi connectivity index (χ3n) is 0.661. The first kappa shape index (κ1) is 10.3. The predicted octanol–water partition coefficient (Wildman–Crippen LogP) is 2.76. The molecule has 0 aromatic carbocycles. The molecular formula is C3H3F5S2. The van der Waals surface area contributed by atoms with Crippen LogP contribution in [0.3, 0.4) is 0 Å². The van der Waals surface area contributed by atoms with Gasteiger partial charge in [0.25, 0.3) is 0 Å².